The molecule has 0 aliphatic rings. The summed E-state index contributed by atoms with van der Waals surface area (Å²) in [7, 11) is 0. The Hall–Kier alpha value is -1.45. The third-order valence-electron chi connectivity index (χ3n) is 2.85. The highest BCUT2D eigenvalue weighted by Crippen LogP contribution is 2.26. The Morgan fingerprint density at radius 1 is 1.20 bits per heavy atom. The van der Waals surface area contributed by atoms with Gasteiger partial charge in [-0.2, -0.15) is 0 Å². The van der Waals surface area contributed by atoms with E-state index in [1.54, 1.807) is 0 Å². The van der Waals surface area contributed by atoms with Crippen LogP contribution in [0.1, 0.15) is 11.1 Å². The fourth-order valence-electron chi connectivity index (χ4n) is 1.85. The molecule has 0 aromatic heterocycles. The number of halogens is 2. The van der Waals surface area contributed by atoms with E-state index >= 15 is 0 Å². The van der Waals surface area contributed by atoms with Crippen LogP contribution < -0.4 is 10.5 Å². The van der Waals surface area contributed by atoms with Gasteiger partial charge >= 0.3 is 0 Å². The molecule has 0 aliphatic carbocycles. The van der Waals surface area contributed by atoms with Gasteiger partial charge in [0.1, 0.15) is 12.4 Å². The molecule has 0 unspecified atom stereocenters. The van der Waals surface area contributed by atoms with E-state index in [9.17, 15) is 0 Å². The van der Waals surface area contributed by atoms with Crippen molar-refractivity contribution in [2.75, 3.05) is 5.73 Å². The molecule has 0 bridgehead atoms. The summed E-state index contributed by atoms with van der Waals surface area (Å²) in [5.41, 5.74) is 8.47. The lowest BCUT2D eigenvalue weighted by molar-refractivity contribution is 0.303. The smallest absolute Gasteiger partial charge is 0.123 e. The van der Waals surface area contributed by atoms with Crippen LogP contribution in [-0.2, 0) is 13.0 Å². The van der Waals surface area contributed by atoms with Crippen molar-refractivity contribution in [1.82, 2.24) is 0 Å². The number of nitrogens with two attached hydrogens (primary N) is 1. The van der Waals surface area contributed by atoms with Crippen molar-refractivity contribution >= 4 is 33.2 Å². The minimum atomic E-state index is 0.417. The van der Waals surface area contributed by atoms with Gasteiger partial charge in [0.2, 0.25) is 0 Å². The average Bonchev–Trinajstić information content (AvgIpc) is 2.40. The quantitative estimate of drug-likeness (QED) is 0.607. The number of benzene rings is 2. The Morgan fingerprint density at radius 3 is 2.70 bits per heavy atom. The van der Waals surface area contributed by atoms with Gasteiger partial charge in [-0.25, -0.2) is 0 Å². The fourth-order valence-corrected chi connectivity index (χ4v) is 2.58. The van der Waals surface area contributed by atoms with Gasteiger partial charge in [-0.3, -0.25) is 0 Å². The SMILES string of the molecule is C=CCc1cc(N)ccc1OCc1ccc(Br)cc1Cl. The summed E-state index contributed by atoms with van der Waals surface area (Å²) in [6.07, 6.45) is 2.54. The van der Waals surface area contributed by atoms with Gasteiger partial charge < -0.3 is 10.5 Å². The lowest BCUT2D eigenvalue weighted by atomic mass is 10.1. The molecule has 104 valence electrons. The predicted octanol–water partition coefficient (Wildman–Crippen LogP) is 4.99. The van der Waals surface area contributed by atoms with Crippen molar-refractivity contribution in [3.05, 3.63) is 69.7 Å². The molecule has 2 N–H and O–H groups in total. The van der Waals surface area contributed by atoms with Crippen LogP contribution in [0.4, 0.5) is 5.69 Å². The van der Waals surface area contributed by atoms with E-state index in [1.807, 2.05) is 42.5 Å². The van der Waals surface area contributed by atoms with E-state index in [1.165, 1.54) is 0 Å². The summed E-state index contributed by atoms with van der Waals surface area (Å²) >= 11 is 9.56. The third kappa shape index (κ3) is 3.78. The molecule has 0 saturated carbocycles. The topological polar surface area (TPSA) is 35.2 Å². The van der Waals surface area contributed by atoms with E-state index in [0.29, 0.717) is 18.1 Å². The van der Waals surface area contributed by atoms with E-state index in [0.717, 1.165) is 27.0 Å². The highest BCUT2D eigenvalue weighted by Gasteiger charge is 2.06. The summed E-state index contributed by atoms with van der Waals surface area (Å²) in [6, 6.07) is 11.3. The molecule has 2 rings (SSSR count). The molecule has 0 amide bonds. The van der Waals surface area contributed by atoms with Crippen molar-refractivity contribution in [3.63, 3.8) is 0 Å². The second-order valence-electron chi connectivity index (χ2n) is 4.38. The van der Waals surface area contributed by atoms with Crippen LogP contribution in [0.25, 0.3) is 0 Å². The van der Waals surface area contributed by atoms with E-state index in [-0.39, 0.29) is 0 Å². The molecule has 0 heterocycles. The van der Waals surface area contributed by atoms with Crippen molar-refractivity contribution in [1.29, 1.82) is 0 Å². The van der Waals surface area contributed by atoms with Gasteiger partial charge in [0.15, 0.2) is 0 Å². The summed E-state index contributed by atoms with van der Waals surface area (Å²) in [6.45, 7) is 4.16. The molecule has 0 atom stereocenters. The van der Waals surface area contributed by atoms with Gasteiger partial charge in [0, 0.05) is 20.7 Å². The third-order valence-corrected chi connectivity index (χ3v) is 3.69. The van der Waals surface area contributed by atoms with Gasteiger partial charge in [-0.15, -0.1) is 6.58 Å². The minimum absolute atomic E-state index is 0.417. The Kier molecular flexibility index (Phi) is 5.10. The van der Waals surface area contributed by atoms with Crippen molar-refractivity contribution in [2.24, 2.45) is 0 Å². The van der Waals surface area contributed by atoms with Gasteiger partial charge in [0.05, 0.1) is 0 Å². The first-order valence-corrected chi connectivity index (χ1v) is 7.33. The van der Waals surface area contributed by atoms with Gasteiger partial charge in [-0.1, -0.05) is 39.7 Å². The lowest BCUT2D eigenvalue weighted by Crippen LogP contribution is -2.00. The van der Waals surface area contributed by atoms with Gasteiger partial charge in [-0.05, 0) is 42.3 Å². The monoisotopic (exact) mass is 351 g/mol. The van der Waals surface area contributed by atoms with E-state index in [4.69, 9.17) is 22.1 Å². The highest BCUT2D eigenvalue weighted by atomic mass is 79.9. The van der Waals surface area contributed by atoms with Crippen molar-refractivity contribution in [3.8, 4) is 5.75 Å². The average molecular weight is 353 g/mol. The van der Waals surface area contributed by atoms with E-state index < -0.39 is 0 Å². The Labute approximate surface area is 132 Å². The maximum Gasteiger partial charge on any atom is 0.123 e. The van der Waals surface area contributed by atoms with Crippen molar-refractivity contribution in [2.45, 2.75) is 13.0 Å². The number of rotatable bonds is 5. The largest absolute Gasteiger partial charge is 0.489 e. The Balaban J connectivity index is 2.16. The van der Waals surface area contributed by atoms with Crippen LogP contribution in [-0.4, -0.2) is 0 Å². The summed E-state index contributed by atoms with van der Waals surface area (Å²) in [5, 5.41) is 0.681. The number of hydrogen-bond donors (Lipinski definition) is 1. The molecule has 0 aliphatic heterocycles. The van der Waals surface area contributed by atoms with Crippen LogP contribution >= 0.6 is 27.5 Å². The number of nitrogen functional groups attached to an aromatic ring is 1. The maximum atomic E-state index is 6.18. The number of ether oxygens (including phenoxy) is 1. The molecule has 0 spiro atoms. The van der Waals surface area contributed by atoms with Gasteiger partial charge in [0.25, 0.3) is 0 Å². The normalized spacial score (nSPS) is 10.3. The zero-order chi connectivity index (χ0) is 14.5. The molecule has 2 nitrogen and oxygen atoms in total. The standard InChI is InChI=1S/C16H15BrClNO/c1-2-3-11-8-14(19)6-7-16(11)20-10-12-4-5-13(17)9-15(12)18/h2,4-9H,1,3,10,19H2. The molecule has 0 saturated heterocycles. The summed E-state index contributed by atoms with van der Waals surface area (Å²) in [4.78, 5) is 0. The molecule has 2 aromatic carbocycles. The first kappa shape index (κ1) is 14.9. The van der Waals surface area contributed by atoms with Crippen LogP contribution in [0.15, 0.2) is 53.5 Å². The first-order valence-electron chi connectivity index (χ1n) is 6.16. The maximum absolute atomic E-state index is 6.18. The summed E-state index contributed by atoms with van der Waals surface area (Å²) < 4.78 is 6.80. The fraction of sp³-hybridized carbons (Fsp3) is 0.125. The highest BCUT2D eigenvalue weighted by molar-refractivity contribution is 9.10. The number of anilines is 1. The molecule has 4 heteroatoms. The second kappa shape index (κ2) is 6.82. The Morgan fingerprint density at radius 2 is 2.00 bits per heavy atom. The van der Waals surface area contributed by atoms with Crippen LogP contribution in [0.2, 0.25) is 5.02 Å². The zero-order valence-electron chi connectivity index (χ0n) is 10.9. The van der Waals surface area contributed by atoms with Crippen LogP contribution in [0, 0.1) is 0 Å². The molecule has 0 fully saturated rings. The number of hydrogen-bond acceptors (Lipinski definition) is 2. The molecule has 2 aromatic rings. The molecular formula is C16H15BrClNO. The zero-order valence-corrected chi connectivity index (χ0v) is 13.2. The van der Waals surface area contributed by atoms with Crippen molar-refractivity contribution < 1.29 is 4.74 Å². The van der Waals surface area contributed by atoms with Crippen LogP contribution in [0.5, 0.6) is 5.75 Å². The molecular weight excluding hydrogens is 338 g/mol. The predicted molar refractivity (Wildman–Crippen MR) is 88.2 cm³/mol. The first-order chi connectivity index (χ1) is 9.60. The summed E-state index contributed by atoms with van der Waals surface area (Å²) in [5.74, 6) is 0.804. The van der Waals surface area contributed by atoms with Crippen LogP contribution in [0.3, 0.4) is 0 Å². The second-order valence-corrected chi connectivity index (χ2v) is 5.71. The Bertz CT molecular complexity index is 628. The molecule has 0 radical (unpaired) electrons. The molecule has 20 heavy (non-hydrogen) atoms. The lowest BCUT2D eigenvalue weighted by Gasteiger charge is -2.12. The van der Waals surface area contributed by atoms with E-state index in [2.05, 4.69) is 22.5 Å². The number of allylic oxidation sites excluding steroid dienone is 1. The minimum Gasteiger partial charge on any atom is -0.489 e.